The first-order chi connectivity index (χ1) is 12.1. The van der Waals surface area contributed by atoms with Crippen LogP contribution in [0.2, 0.25) is 0 Å². The molecular weight excluding hydrogens is 312 g/mol. The van der Waals surface area contributed by atoms with E-state index in [9.17, 15) is 9.90 Å². The molecule has 0 bridgehead atoms. The zero-order valence-corrected chi connectivity index (χ0v) is 17.2. The van der Waals surface area contributed by atoms with Crippen molar-refractivity contribution in [3.8, 4) is 0 Å². The Morgan fingerprint density at radius 3 is 1.80 bits per heavy atom. The molecule has 0 saturated carbocycles. The Morgan fingerprint density at radius 2 is 1.28 bits per heavy atom. The zero-order valence-electron chi connectivity index (χ0n) is 17.2. The van der Waals surface area contributed by atoms with Crippen LogP contribution in [0.15, 0.2) is 0 Å². The summed E-state index contributed by atoms with van der Waals surface area (Å²) in [6, 6.07) is 0. The van der Waals surface area contributed by atoms with Crippen LogP contribution in [0.3, 0.4) is 0 Å². The molecule has 0 aromatic rings. The molecule has 0 aliphatic heterocycles. The first-order valence-corrected chi connectivity index (χ1v) is 11.0. The summed E-state index contributed by atoms with van der Waals surface area (Å²) in [7, 11) is 0. The lowest BCUT2D eigenvalue weighted by molar-refractivity contribution is -0.148. The van der Waals surface area contributed by atoms with Crippen molar-refractivity contribution in [3.05, 3.63) is 0 Å². The number of hydrogen-bond donors (Lipinski definition) is 1. The van der Waals surface area contributed by atoms with Crippen LogP contribution in [0, 0.1) is 0 Å². The van der Waals surface area contributed by atoms with Gasteiger partial charge in [-0.25, -0.2) is 0 Å². The van der Waals surface area contributed by atoms with Gasteiger partial charge in [-0.05, 0) is 32.6 Å². The van der Waals surface area contributed by atoms with E-state index in [2.05, 4.69) is 6.92 Å². The summed E-state index contributed by atoms with van der Waals surface area (Å²) in [4.78, 5) is 11.5. The van der Waals surface area contributed by atoms with Gasteiger partial charge in [0.1, 0.15) is 0 Å². The SMILES string of the molecule is CCCCCCCCCCC(O)CCCCCCC(=O)OC(C)CC. The van der Waals surface area contributed by atoms with Crippen molar-refractivity contribution in [3.63, 3.8) is 0 Å². The van der Waals surface area contributed by atoms with Gasteiger partial charge in [-0.15, -0.1) is 0 Å². The van der Waals surface area contributed by atoms with Crippen LogP contribution >= 0.6 is 0 Å². The quantitative estimate of drug-likeness (QED) is 0.223. The predicted octanol–water partition coefficient (Wildman–Crippen LogP) is 6.56. The standard InChI is InChI=1S/C22H44O3/c1-4-6-7-8-9-10-11-14-17-21(23)18-15-12-13-16-19-22(24)25-20(3)5-2/h20-21,23H,4-19H2,1-3H3. The third-order valence-electron chi connectivity index (χ3n) is 4.97. The van der Waals surface area contributed by atoms with E-state index in [1.807, 2.05) is 13.8 Å². The molecule has 0 rings (SSSR count). The van der Waals surface area contributed by atoms with Crippen molar-refractivity contribution in [1.29, 1.82) is 0 Å². The van der Waals surface area contributed by atoms with Crippen molar-refractivity contribution in [2.24, 2.45) is 0 Å². The molecule has 0 aromatic carbocycles. The van der Waals surface area contributed by atoms with Crippen LogP contribution in [-0.2, 0) is 9.53 Å². The minimum atomic E-state index is -0.129. The number of carbonyl (C=O) groups excluding carboxylic acids is 1. The Morgan fingerprint density at radius 1 is 0.800 bits per heavy atom. The first kappa shape index (κ1) is 24.4. The molecule has 2 atom stereocenters. The fourth-order valence-electron chi connectivity index (χ4n) is 3.03. The van der Waals surface area contributed by atoms with Crippen LogP contribution in [0.5, 0.6) is 0 Å². The number of hydrogen-bond acceptors (Lipinski definition) is 3. The van der Waals surface area contributed by atoms with Gasteiger partial charge >= 0.3 is 5.97 Å². The van der Waals surface area contributed by atoms with E-state index in [0.29, 0.717) is 6.42 Å². The number of ether oxygens (including phenoxy) is 1. The summed E-state index contributed by atoms with van der Waals surface area (Å²) in [6.45, 7) is 6.21. The number of aliphatic hydroxyl groups is 1. The molecule has 0 aliphatic rings. The molecule has 1 N–H and O–H groups in total. The van der Waals surface area contributed by atoms with Crippen molar-refractivity contribution in [1.82, 2.24) is 0 Å². The van der Waals surface area contributed by atoms with E-state index < -0.39 is 0 Å². The number of aliphatic hydroxyl groups excluding tert-OH is 1. The first-order valence-electron chi connectivity index (χ1n) is 11.0. The minimum Gasteiger partial charge on any atom is -0.463 e. The topological polar surface area (TPSA) is 46.5 Å². The van der Waals surface area contributed by atoms with Gasteiger partial charge in [-0.2, -0.15) is 0 Å². The van der Waals surface area contributed by atoms with Crippen molar-refractivity contribution in [2.45, 2.75) is 136 Å². The highest BCUT2D eigenvalue weighted by Gasteiger charge is 2.07. The average Bonchev–Trinajstić information content (AvgIpc) is 2.60. The molecule has 0 aliphatic carbocycles. The van der Waals surface area contributed by atoms with Gasteiger partial charge in [0.15, 0.2) is 0 Å². The van der Waals surface area contributed by atoms with E-state index >= 15 is 0 Å². The summed E-state index contributed by atoms with van der Waals surface area (Å²) in [6.07, 6.45) is 17.9. The Hall–Kier alpha value is -0.570. The van der Waals surface area contributed by atoms with Crippen LogP contribution in [0.1, 0.15) is 124 Å². The third kappa shape index (κ3) is 18.0. The average molecular weight is 357 g/mol. The highest BCUT2D eigenvalue weighted by Crippen LogP contribution is 2.14. The smallest absolute Gasteiger partial charge is 0.306 e. The van der Waals surface area contributed by atoms with E-state index in [4.69, 9.17) is 4.74 Å². The van der Waals surface area contributed by atoms with Crippen LogP contribution in [0.4, 0.5) is 0 Å². The van der Waals surface area contributed by atoms with Crippen molar-refractivity contribution >= 4 is 5.97 Å². The number of esters is 1. The molecule has 2 unspecified atom stereocenters. The molecule has 0 aromatic heterocycles. The van der Waals surface area contributed by atoms with Gasteiger partial charge in [-0.3, -0.25) is 4.79 Å². The Balaban J connectivity index is 3.30. The van der Waals surface area contributed by atoms with E-state index in [1.54, 1.807) is 0 Å². The summed E-state index contributed by atoms with van der Waals surface area (Å²) in [5.74, 6) is -0.0657. The van der Waals surface area contributed by atoms with Gasteiger partial charge in [0.2, 0.25) is 0 Å². The van der Waals surface area contributed by atoms with Gasteiger partial charge in [-0.1, -0.05) is 84.5 Å². The molecule has 0 amide bonds. The Kier molecular flexibility index (Phi) is 17.8. The van der Waals surface area contributed by atoms with E-state index in [1.165, 1.54) is 44.9 Å². The summed E-state index contributed by atoms with van der Waals surface area (Å²) >= 11 is 0. The molecule has 3 heteroatoms. The Labute approximate surface area is 156 Å². The number of unbranched alkanes of at least 4 members (excludes halogenated alkanes) is 10. The highest BCUT2D eigenvalue weighted by molar-refractivity contribution is 5.69. The molecule has 0 fully saturated rings. The zero-order chi connectivity index (χ0) is 18.8. The third-order valence-corrected chi connectivity index (χ3v) is 4.97. The van der Waals surface area contributed by atoms with Crippen molar-refractivity contribution < 1.29 is 14.6 Å². The molecule has 0 radical (unpaired) electrons. The van der Waals surface area contributed by atoms with Crippen LogP contribution in [0.25, 0.3) is 0 Å². The van der Waals surface area contributed by atoms with Crippen LogP contribution < -0.4 is 0 Å². The lowest BCUT2D eigenvalue weighted by Gasteiger charge is -2.11. The molecule has 0 saturated heterocycles. The summed E-state index contributed by atoms with van der Waals surface area (Å²) in [5.41, 5.74) is 0. The van der Waals surface area contributed by atoms with Gasteiger partial charge in [0.05, 0.1) is 12.2 Å². The molecular formula is C22H44O3. The second-order valence-electron chi connectivity index (χ2n) is 7.58. The fraction of sp³-hybridized carbons (Fsp3) is 0.955. The molecule has 150 valence electrons. The normalized spacial score (nSPS) is 13.6. The largest absolute Gasteiger partial charge is 0.463 e. The van der Waals surface area contributed by atoms with E-state index in [0.717, 1.165) is 51.4 Å². The van der Waals surface area contributed by atoms with Gasteiger partial charge in [0, 0.05) is 6.42 Å². The Bertz CT molecular complexity index is 291. The number of rotatable bonds is 18. The lowest BCUT2D eigenvalue weighted by atomic mass is 10.0. The fourth-order valence-corrected chi connectivity index (χ4v) is 3.03. The van der Waals surface area contributed by atoms with Crippen molar-refractivity contribution in [2.75, 3.05) is 0 Å². The number of carbonyl (C=O) groups is 1. The molecule has 3 nitrogen and oxygen atoms in total. The van der Waals surface area contributed by atoms with Crippen LogP contribution in [-0.4, -0.2) is 23.3 Å². The maximum atomic E-state index is 11.5. The highest BCUT2D eigenvalue weighted by atomic mass is 16.5. The molecule has 0 heterocycles. The summed E-state index contributed by atoms with van der Waals surface area (Å²) < 4.78 is 5.26. The monoisotopic (exact) mass is 356 g/mol. The maximum absolute atomic E-state index is 11.5. The molecule has 0 spiro atoms. The maximum Gasteiger partial charge on any atom is 0.306 e. The minimum absolute atomic E-state index is 0.0407. The van der Waals surface area contributed by atoms with E-state index in [-0.39, 0.29) is 18.2 Å². The molecule has 25 heavy (non-hydrogen) atoms. The second-order valence-corrected chi connectivity index (χ2v) is 7.58. The summed E-state index contributed by atoms with van der Waals surface area (Å²) in [5, 5.41) is 10.0. The second kappa shape index (κ2) is 18.2. The lowest BCUT2D eigenvalue weighted by Crippen LogP contribution is -2.13. The van der Waals surface area contributed by atoms with Gasteiger partial charge in [0.25, 0.3) is 0 Å². The predicted molar refractivity (Wildman–Crippen MR) is 107 cm³/mol. The van der Waals surface area contributed by atoms with Gasteiger partial charge < -0.3 is 9.84 Å².